The van der Waals surface area contributed by atoms with Crippen LogP contribution >= 0.6 is 0 Å². The SMILES string of the molecule is Cc1ccc(C(=O)N[C@H](C(=O)O)[C@@H](C)O)n1C. The standard InChI is InChI=1S/C11H16N2O4/c1-6-4-5-8(13(6)3)10(15)12-9(7(2)14)11(16)17/h4-5,7,9,14H,1-3H3,(H,12,15)(H,16,17)/t7-,9+/m1/s1. The Morgan fingerprint density at radius 1 is 1.41 bits per heavy atom. The minimum Gasteiger partial charge on any atom is -0.480 e. The average molecular weight is 240 g/mol. The molecule has 0 saturated heterocycles. The summed E-state index contributed by atoms with van der Waals surface area (Å²) < 4.78 is 1.65. The second kappa shape index (κ2) is 5.01. The van der Waals surface area contributed by atoms with Crippen molar-refractivity contribution in [1.82, 2.24) is 9.88 Å². The Morgan fingerprint density at radius 2 is 2.00 bits per heavy atom. The number of nitrogens with zero attached hydrogens (tertiary/aromatic N) is 1. The lowest BCUT2D eigenvalue weighted by Gasteiger charge is -2.17. The van der Waals surface area contributed by atoms with E-state index >= 15 is 0 Å². The van der Waals surface area contributed by atoms with E-state index in [0.29, 0.717) is 5.69 Å². The highest BCUT2D eigenvalue weighted by molar-refractivity contribution is 5.95. The van der Waals surface area contributed by atoms with Crippen LogP contribution in [0.3, 0.4) is 0 Å². The normalized spacial score (nSPS) is 14.1. The van der Waals surface area contributed by atoms with Gasteiger partial charge in [-0.2, -0.15) is 0 Å². The lowest BCUT2D eigenvalue weighted by molar-refractivity contribution is -0.141. The first-order chi connectivity index (χ1) is 7.84. The maximum Gasteiger partial charge on any atom is 0.328 e. The number of hydrogen-bond acceptors (Lipinski definition) is 3. The van der Waals surface area contributed by atoms with Crippen LogP contribution < -0.4 is 5.32 Å². The predicted octanol–water partition coefficient (Wildman–Crippen LogP) is -0.103. The molecule has 0 aliphatic heterocycles. The van der Waals surface area contributed by atoms with Gasteiger partial charge in [-0.3, -0.25) is 4.79 Å². The molecule has 0 spiro atoms. The summed E-state index contributed by atoms with van der Waals surface area (Å²) in [5, 5.41) is 20.4. The summed E-state index contributed by atoms with van der Waals surface area (Å²) in [5.74, 6) is -1.78. The summed E-state index contributed by atoms with van der Waals surface area (Å²) >= 11 is 0. The monoisotopic (exact) mass is 240 g/mol. The smallest absolute Gasteiger partial charge is 0.328 e. The van der Waals surface area contributed by atoms with Crippen molar-refractivity contribution >= 4 is 11.9 Å². The van der Waals surface area contributed by atoms with E-state index in [0.717, 1.165) is 5.69 Å². The molecule has 0 unspecified atom stereocenters. The van der Waals surface area contributed by atoms with Gasteiger partial charge in [0.2, 0.25) is 0 Å². The minimum absolute atomic E-state index is 0.356. The molecule has 6 heteroatoms. The van der Waals surface area contributed by atoms with Gasteiger partial charge in [0.25, 0.3) is 5.91 Å². The van der Waals surface area contributed by atoms with Crippen molar-refractivity contribution < 1.29 is 19.8 Å². The van der Waals surface area contributed by atoms with Crippen LogP contribution in [0.1, 0.15) is 23.1 Å². The number of carboxylic acid groups (broad SMARTS) is 1. The van der Waals surface area contributed by atoms with Gasteiger partial charge in [-0.15, -0.1) is 0 Å². The number of carbonyl (C=O) groups excluding carboxylic acids is 1. The van der Waals surface area contributed by atoms with Gasteiger partial charge in [-0.25, -0.2) is 4.79 Å². The number of aromatic nitrogens is 1. The second-order valence-corrected chi connectivity index (χ2v) is 3.95. The molecule has 0 bridgehead atoms. The largest absolute Gasteiger partial charge is 0.480 e. The Morgan fingerprint density at radius 3 is 2.35 bits per heavy atom. The molecule has 6 nitrogen and oxygen atoms in total. The fourth-order valence-electron chi connectivity index (χ4n) is 1.44. The topological polar surface area (TPSA) is 91.6 Å². The first-order valence-electron chi connectivity index (χ1n) is 5.18. The highest BCUT2D eigenvalue weighted by Crippen LogP contribution is 2.06. The molecular formula is C11H16N2O4. The molecule has 0 aliphatic rings. The van der Waals surface area contributed by atoms with Gasteiger partial charge in [-0.05, 0) is 26.0 Å². The molecular weight excluding hydrogens is 224 g/mol. The van der Waals surface area contributed by atoms with Gasteiger partial charge in [-0.1, -0.05) is 0 Å². The number of hydrogen-bond donors (Lipinski definition) is 3. The first kappa shape index (κ1) is 13.2. The van der Waals surface area contributed by atoms with E-state index in [9.17, 15) is 14.7 Å². The number of amides is 1. The lowest BCUT2D eigenvalue weighted by atomic mass is 10.2. The van der Waals surface area contributed by atoms with Crippen LogP contribution in [-0.4, -0.2) is 38.8 Å². The third-order valence-electron chi connectivity index (χ3n) is 2.64. The second-order valence-electron chi connectivity index (χ2n) is 3.95. The van der Waals surface area contributed by atoms with Crippen molar-refractivity contribution in [3.63, 3.8) is 0 Å². The fourth-order valence-corrected chi connectivity index (χ4v) is 1.44. The van der Waals surface area contributed by atoms with Gasteiger partial charge in [0, 0.05) is 12.7 Å². The van der Waals surface area contributed by atoms with Gasteiger partial charge < -0.3 is 20.1 Å². The molecule has 0 saturated carbocycles. The number of rotatable bonds is 4. The molecule has 1 aromatic rings. The predicted molar refractivity (Wildman–Crippen MR) is 60.7 cm³/mol. The zero-order valence-electron chi connectivity index (χ0n) is 9.97. The van der Waals surface area contributed by atoms with Gasteiger partial charge in [0.05, 0.1) is 6.10 Å². The van der Waals surface area contributed by atoms with E-state index in [1.54, 1.807) is 23.7 Å². The summed E-state index contributed by atoms with van der Waals surface area (Å²) in [6.07, 6.45) is -1.15. The minimum atomic E-state index is -1.31. The molecule has 1 amide bonds. The number of carboxylic acids is 1. The Kier molecular flexibility index (Phi) is 3.90. The number of nitrogens with one attached hydrogen (secondary N) is 1. The Hall–Kier alpha value is -1.82. The zero-order valence-corrected chi connectivity index (χ0v) is 9.97. The number of carbonyl (C=O) groups is 2. The Balaban J connectivity index is 2.85. The van der Waals surface area contributed by atoms with E-state index in [2.05, 4.69) is 5.32 Å². The molecule has 0 fully saturated rings. The molecule has 0 aliphatic carbocycles. The summed E-state index contributed by atoms with van der Waals surface area (Å²) in [7, 11) is 1.71. The number of aliphatic hydroxyl groups excluding tert-OH is 1. The van der Waals surface area contributed by atoms with Crippen molar-refractivity contribution in [3.8, 4) is 0 Å². The van der Waals surface area contributed by atoms with Crippen LogP contribution in [0.5, 0.6) is 0 Å². The van der Waals surface area contributed by atoms with Crippen LogP contribution in [0.25, 0.3) is 0 Å². The first-order valence-corrected chi connectivity index (χ1v) is 5.18. The van der Waals surface area contributed by atoms with E-state index < -0.39 is 24.0 Å². The van der Waals surface area contributed by atoms with Gasteiger partial charge in [0.15, 0.2) is 6.04 Å². The maximum atomic E-state index is 11.8. The Bertz CT molecular complexity index is 437. The van der Waals surface area contributed by atoms with Crippen LogP contribution in [-0.2, 0) is 11.8 Å². The number of aliphatic carboxylic acids is 1. The van der Waals surface area contributed by atoms with Crippen molar-refractivity contribution in [2.45, 2.75) is 26.0 Å². The van der Waals surface area contributed by atoms with Crippen molar-refractivity contribution in [2.75, 3.05) is 0 Å². The molecule has 1 rings (SSSR count). The fraction of sp³-hybridized carbons (Fsp3) is 0.455. The van der Waals surface area contributed by atoms with Gasteiger partial charge >= 0.3 is 5.97 Å². The van der Waals surface area contributed by atoms with Crippen LogP contribution in [0.15, 0.2) is 12.1 Å². The zero-order chi connectivity index (χ0) is 13.2. The van der Waals surface area contributed by atoms with Crippen molar-refractivity contribution in [3.05, 3.63) is 23.5 Å². The third-order valence-corrected chi connectivity index (χ3v) is 2.64. The molecule has 17 heavy (non-hydrogen) atoms. The number of aryl methyl sites for hydroxylation is 1. The summed E-state index contributed by atoms with van der Waals surface area (Å²) in [5.41, 5.74) is 1.24. The summed E-state index contributed by atoms with van der Waals surface area (Å²) in [6, 6.07) is 2.05. The maximum absolute atomic E-state index is 11.8. The van der Waals surface area contributed by atoms with E-state index in [4.69, 9.17) is 5.11 Å². The summed E-state index contributed by atoms with van der Waals surface area (Å²) in [4.78, 5) is 22.6. The molecule has 0 radical (unpaired) electrons. The molecule has 1 aromatic heterocycles. The number of aliphatic hydroxyl groups is 1. The highest BCUT2D eigenvalue weighted by atomic mass is 16.4. The van der Waals surface area contributed by atoms with E-state index in [1.807, 2.05) is 6.92 Å². The van der Waals surface area contributed by atoms with Crippen LogP contribution in [0, 0.1) is 6.92 Å². The third kappa shape index (κ3) is 2.85. The van der Waals surface area contributed by atoms with E-state index in [1.165, 1.54) is 6.92 Å². The molecule has 2 atom stereocenters. The van der Waals surface area contributed by atoms with Crippen LogP contribution in [0.2, 0.25) is 0 Å². The van der Waals surface area contributed by atoms with Crippen molar-refractivity contribution in [2.24, 2.45) is 7.05 Å². The Labute approximate surface area is 98.9 Å². The van der Waals surface area contributed by atoms with Gasteiger partial charge in [0.1, 0.15) is 5.69 Å². The molecule has 1 heterocycles. The summed E-state index contributed by atoms with van der Waals surface area (Å²) in [6.45, 7) is 3.15. The quantitative estimate of drug-likeness (QED) is 0.685. The lowest BCUT2D eigenvalue weighted by Crippen LogP contribution is -2.48. The average Bonchev–Trinajstić information content (AvgIpc) is 2.55. The van der Waals surface area contributed by atoms with Crippen LogP contribution in [0.4, 0.5) is 0 Å². The van der Waals surface area contributed by atoms with E-state index in [-0.39, 0.29) is 0 Å². The highest BCUT2D eigenvalue weighted by Gasteiger charge is 2.26. The molecule has 94 valence electrons. The molecule has 0 aromatic carbocycles. The van der Waals surface area contributed by atoms with Crippen molar-refractivity contribution in [1.29, 1.82) is 0 Å². The molecule has 3 N–H and O–H groups in total.